The van der Waals surface area contributed by atoms with Crippen molar-refractivity contribution in [3.8, 4) is 11.5 Å². The van der Waals surface area contributed by atoms with Gasteiger partial charge in [0.15, 0.2) is 0 Å². The topological polar surface area (TPSA) is 29.5 Å². The largest absolute Gasteiger partial charge is 0.507 e. The molecule has 0 atom stereocenters. The van der Waals surface area contributed by atoms with Gasteiger partial charge in [0.05, 0.1) is 5.56 Å². The van der Waals surface area contributed by atoms with E-state index in [4.69, 9.17) is 4.74 Å². The van der Waals surface area contributed by atoms with Gasteiger partial charge in [0.25, 0.3) is 0 Å². The highest BCUT2D eigenvalue weighted by Gasteiger charge is 2.49. The van der Waals surface area contributed by atoms with E-state index >= 15 is 0 Å². The molecule has 0 amide bonds. The van der Waals surface area contributed by atoms with Crippen molar-refractivity contribution in [2.24, 2.45) is 23.7 Å². The van der Waals surface area contributed by atoms with Crippen LogP contribution in [0, 0.1) is 23.7 Å². The second-order valence-corrected chi connectivity index (χ2v) is 7.99. The molecule has 1 aromatic carbocycles. The van der Waals surface area contributed by atoms with Crippen LogP contribution in [0.4, 0.5) is 0 Å². The Hall–Kier alpha value is -1.44. The average Bonchev–Trinajstić information content (AvgIpc) is 2.44. The first-order valence-corrected chi connectivity index (χ1v) is 8.90. The van der Waals surface area contributed by atoms with E-state index < -0.39 is 0 Å². The summed E-state index contributed by atoms with van der Waals surface area (Å²) < 4.78 is 6.66. The Morgan fingerprint density at radius 2 is 1.43 bits per heavy atom. The van der Waals surface area contributed by atoms with Crippen LogP contribution in [0.1, 0.15) is 61.0 Å². The van der Waals surface area contributed by atoms with Crippen molar-refractivity contribution in [2.45, 2.75) is 61.0 Å². The van der Waals surface area contributed by atoms with E-state index in [1.807, 2.05) is 12.1 Å². The predicted molar refractivity (Wildman–Crippen MR) is 97.7 cm³/mol. The third-order valence-electron chi connectivity index (χ3n) is 5.13. The van der Waals surface area contributed by atoms with Crippen LogP contribution in [-0.4, -0.2) is 10.7 Å². The molecule has 0 radical (unpaired) electrons. The molecular weight excluding hydrogens is 284 g/mol. The van der Waals surface area contributed by atoms with Crippen molar-refractivity contribution in [2.75, 3.05) is 0 Å². The van der Waals surface area contributed by atoms with Crippen molar-refractivity contribution >= 4 is 5.57 Å². The maximum atomic E-state index is 10.5. The first kappa shape index (κ1) is 17.9. The van der Waals surface area contributed by atoms with Crippen LogP contribution >= 0.6 is 0 Å². The number of phenolic OH excluding ortho intramolecular Hbond substituents is 1. The summed E-state index contributed by atoms with van der Waals surface area (Å²) in [4.78, 5) is 0. The predicted octanol–water partition coefficient (Wildman–Crippen LogP) is 5.90. The minimum atomic E-state index is -0.325. The summed E-state index contributed by atoms with van der Waals surface area (Å²) in [5, 5.41) is 10.5. The minimum absolute atomic E-state index is 0.325. The van der Waals surface area contributed by atoms with E-state index in [2.05, 4.69) is 55.4 Å². The van der Waals surface area contributed by atoms with Crippen LogP contribution in [-0.2, 0) is 0 Å². The van der Waals surface area contributed by atoms with Crippen molar-refractivity contribution in [1.82, 2.24) is 0 Å². The molecular formula is C21H32O2. The number of rotatable bonds is 4. The zero-order valence-corrected chi connectivity index (χ0v) is 15.9. The molecule has 1 aliphatic heterocycles. The van der Waals surface area contributed by atoms with E-state index in [0.717, 1.165) is 11.3 Å². The Morgan fingerprint density at radius 1 is 0.870 bits per heavy atom. The quantitative estimate of drug-likeness (QED) is 0.749. The van der Waals surface area contributed by atoms with Gasteiger partial charge in [-0.1, -0.05) is 61.5 Å². The second-order valence-electron chi connectivity index (χ2n) is 7.99. The number of benzene rings is 1. The van der Waals surface area contributed by atoms with Gasteiger partial charge in [0.1, 0.15) is 17.1 Å². The molecule has 0 unspecified atom stereocenters. The van der Waals surface area contributed by atoms with E-state index in [-0.39, 0.29) is 5.60 Å². The van der Waals surface area contributed by atoms with Crippen molar-refractivity contribution in [1.29, 1.82) is 0 Å². The highest BCUT2D eigenvalue weighted by molar-refractivity contribution is 5.81. The summed E-state index contributed by atoms with van der Waals surface area (Å²) in [7, 11) is 0. The van der Waals surface area contributed by atoms with Crippen LogP contribution in [0.5, 0.6) is 11.5 Å². The lowest BCUT2D eigenvalue weighted by Gasteiger charge is -2.49. The summed E-state index contributed by atoms with van der Waals surface area (Å²) >= 11 is 0. The minimum Gasteiger partial charge on any atom is -0.507 e. The van der Waals surface area contributed by atoms with Gasteiger partial charge < -0.3 is 9.84 Å². The lowest BCUT2D eigenvalue weighted by atomic mass is 9.65. The number of phenols is 1. The Labute approximate surface area is 141 Å². The van der Waals surface area contributed by atoms with Gasteiger partial charge >= 0.3 is 0 Å². The molecule has 2 heteroatoms. The van der Waals surface area contributed by atoms with Crippen molar-refractivity contribution in [3.05, 3.63) is 29.3 Å². The first-order chi connectivity index (χ1) is 10.6. The van der Waals surface area contributed by atoms with Crippen LogP contribution in [0.15, 0.2) is 23.8 Å². The molecule has 0 aliphatic carbocycles. The van der Waals surface area contributed by atoms with Gasteiger partial charge in [0, 0.05) is 0 Å². The van der Waals surface area contributed by atoms with Gasteiger partial charge in [-0.25, -0.2) is 0 Å². The Balaban J connectivity index is 2.93. The number of ether oxygens (including phenoxy) is 1. The van der Waals surface area contributed by atoms with E-state index in [0.29, 0.717) is 29.4 Å². The lowest BCUT2D eigenvalue weighted by Crippen LogP contribution is -2.52. The fraction of sp³-hybridized carbons (Fsp3) is 0.619. The first-order valence-electron chi connectivity index (χ1n) is 8.90. The van der Waals surface area contributed by atoms with Crippen molar-refractivity contribution < 1.29 is 9.84 Å². The molecule has 0 saturated heterocycles. The molecule has 0 saturated carbocycles. The van der Waals surface area contributed by atoms with E-state index in [1.165, 1.54) is 11.1 Å². The number of aromatic hydroxyl groups is 1. The monoisotopic (exact) mass is 316 g/mol. The maximum Gasteiger partial charge on any atom is 0.135 e. The Kier molecular flexibility index (Phi) is 4.84. The molecule has 0 spiro atoms. The van der Waals surface area contributed by atoms with Gasteiger partial charge in [-0.05, 0) is 47.0 Å². The lowest BCUT2D eigenvalue weighted by molar-refractivity contribution is 0.00289. The second kappa shape index (κ2) is 6.22. The number of hydrogen-bond donors (Lipinski definition) is 1. The molecule has 0 aromatic heterocycles. The summed E-state index contributed by atoms with van der Waals surface area (Å²) in [6.07, 6.45) is 0. The molecule has 1 aliphatic rings. The number of fused-ring (bicyclic) bond motifs is 1. The Morgan fingerprint density at radius 3 is 1.87 bits per heavy atom. The number of hydrogen-bond acceptors (Lipinski definition) is 2. The third-order valence-corrected chi connectivity index (χ3v) is 5.13. The molecule has 0 fully saturated rings. The van der Waals surface area contributed by atoms with Crippen LogP contribution in [0.3, 0.4) is 0 Å². The summed E-state index contributed by atoms with van der Waals surface area (Å²) in [6.45, 7) is 17.9. The molecule has 128 valence electrons. The normalized spacial score (nSPS) is 17.2. The SMILES string of the molecule is CC(C)C1=C(C(C)C)C(C(C)C)(C(C)C)Oc2cccc(O)c21. The Bertz CT molecular complexity index is 598. The summed E-state index contributed by atoms with van der Waals surface area (Å²) in [5.74, 6) is 2.55. The molecule has 1 N–H and O–H groups in total. The highest BCUT2D eigenvalue weighted by atomic mass is 16.5. The molecule has 1 heterocycles. The average molecular weight is 316 g/mol. The van der Waals surface area contributed by atoms with Gasteiger partial charge in [-0.2, -0.15) is 0 Å². The summed E-state index contributed by atoms with van der Waals surface area (Å²) in [5.41, 5.74) is 3.19. The maximum absolute atomic E-state index is 10.5. The fourth-order valence-electron chi connectivity index (χ4n) is 4.34. The smallest absolute Gasteiger partial charge is 0.135 e. The van der Waals surface area contributed by atoms with Gasteiger partial charge in [0.2, 0.25) is 0 Å². The van der Waals surface area contributed by atoms with Gasteiger partial charge in [-0.3, -0.25) is 0 Å². The molecule has 2 rings (SSSR count). The zero-order chi connectivity index (χ0) is 17.5. The van der Waals surface area contributed by atoms with E-state index in [9.17, 15) is 5.11 Å². The van der Waals surface area contributed by atoms with Crippen LogP contribution < -0.4 is 4.74 Å². The molecule has 2 nitrogen and oxygen atoms in total. The highest BCUT2D eigenvalue weighted by Crippen LogP contribution is 2.54. The summed E-state index contributed by atoms with van der Waals surface area (Å²) in [6, 6.07) is 5.63. The standard InChI is InChI=1S/C21H32O2/c1-12(2)18-19-16(22)10-9-11-17(19)23-21(14(5)6,15(7)8)20(18)13(3)4/h9-15,22H,1-8H3. The number of allylic oxidation sites excluding steroid dienone is 1. The molecule has 23 heavy (non-hydrogen) atoms. The fourth-order valence-corrected chi connectivity index (χ4v) is 4.34. The third kappa shape index (κ3) is 2.66. The zero-order valence-electron chi connectivity index (χ0n) is 15.9. The van der Waals surface area contributed by atoms with Crippen LogP contribution in [0.25, 0.3) is 5.57 Å². The van der Waals surface area contributed by atoms with Crippen molar-refractivity contribution in [3.63, 3.8) is 0 Å². The van der Waals surface area contributed by atoms with E-state index in [1.54, 1.807) is 6.07 Å². The van der Waals surface area contributed by atoms with Gasteiger partial charge in [-0.15, -0.1) is 0 Å². The molecule has 1 aromatic rings. The van der Waals surface area contributed by atoms with Crippen LogP contribution in [0.2, 0.25) is 0 Å². The molecule has 0 bridgehead atoms.